The Kier molecular flexibility index (Phi) is 5.26. The van der Waals surface area contributed by atoms with Crippen LogP contribution in [-0.4, -0.2) is 34.1 Å². The zero-order valence-electron chi connectivity index (χ0n) is 19.3. The Bertz CT molecular complexity index is 1740. The van der Waals surface area contributed by atoms with Crippen molar-refractivity contribution in [2.75, 3.05) is 23.7 Å². The molecule has 38 heavy (non-hydrogen) atoms. The minimum atomic E-state index is -4.89. The van der Waals surface area contributed by atoms with E-state index in [1.807, 2.05) is 0 Å². The van der Waals surface area contributed by atoms with Crippen LogP contribution in [0.1, 0.15) is 12.1 Å². The lowest BCUT2D eigenvalue weighted by Crippen LogP contribution is -2.46. The van der Waals surface area contributed by atoms with E-state index in [2.05, 4.69) is 15.6 Å². The number of nitrogens with one attached hydrogen (secondary N) is 1. The number of rotatable bonds is 3. The van der Waals surface area contributed by atoms with E-state index in [9.17, 15) is 18.0 Å². The molecule has 194 valence electrons. The molecule has 1 aliphatic heterocycles. The number of nitrogens with zero attached hydrogens (tertiary/aromatic N) is 4. The van der Waals surface area contributed by atoms with Gasteiger partial charge in [0.25, 0.3) is 0 Å². The van der Waals surface area contributed by atoms with Crippen LogP contribution in [-0.2, 0) is 6.18 Å². The highest BCUT2D eigenvalue weighted by molar-refractivity contribution is 5.94. The number of aromatic nitrogens is 3. The van der Waals surface area contributed by atoms with E-state index in [0.29, 0.717) is 24.9 Å². The summed E-state index contributed by atoms with van der Waals surface area (Å²) < 4.78 is 78.6. The molecule has 0 spiro atoms. The van der Waals surface area contributed by atoms with E-state index < -0.39 is 34.4 Å². The number of benzene rings is 3. The molecule has 0 atom stereocenters. The van der Waals surface area contributed by atoms with Crippen LogP contribution in [0.15, 0.2) is 53.1 Å². The third-order valence-electron chi connectivity index (χ3n) is 6.41. The van der Waals surface area contributed by atoms with E-state index in [4.69, 9.17) is 10.3 Å². The van der Waals surface area contributed by atoms with E-state index >= 15 is 8.78 Å². The normalized spacial score (nSPS) is 14.4. The standard InChI is InChI=1S/C25H17F5N6O2/c26-18-11-12(35-9-1-8-32-24(35)37)2-4-14(18)15-5-6-16-21(20(15)27)36(33-22(16)25(28,29)30)13-3-7-19-17(10-13)23(31)34-38-19/h2-7,10-11H,1,8-9H2,(H2,31,34)(H,32,37). The molecule has 0 bridgehead atoms. The molecule has 0 saturated carbocycles. The number of nitrogen functional groups attached to an aromatic ring is 1. The Morgan fingerprint density at radius 2 is 1.74 bits per heavy atom. The largest absolute Gasteiger partial charge is 0.435 e. The van der Waals surface area contributed by atoms with Crippen molar-refractivity contribution in [3.8, 4) is 16.8 Å². The maximum atomic E-state index is 16.0. The van der Waals surface area contributed by atoms with Gasteiger partial charge in [-0.3, -0.25) is 4.90 Å². The molecule has 3 N–H and O–H groups in total. The van der Waals surface area contributed by atoms with Crippen LogP contribution in [0.4, 0.5) is 38.3 Å². The molecule has 0 unspecified atom stereocenters. The summed E-state index contributed by atoms with van der Waals surface area (Å²) in [7, 11) is 0. The molecule has 1 saturated heterocycles. The molecule has 13 heteroatoms. The van der Waals surface area contributed by atoms with Gasteiger partial charge in [-0.1, -0.05) is 11.2 Å². The highest BCUT2D eigenvalue weighted by Gasteiger charge is 2.38. The summed E-state index contributed by atoms with van der Waals surface area (Å²) in [5.41, 5.74) is 4.13. The fraction of sp³-hybridized carbons (Fsp3) is 0.160. The number of amides is 2. The second-order valence-electron chi connectivity index (χ2n) is 8.73. The van der Waals surface area contributed by atoms with Gasteiger partial charge in [-0.25, -0.2) is 18.3 Å². The van der Waals surface area contributed by atoms with Crippen molar-refractivity contribution in [2.24, 2.45) is 0 Å². The minimum Gasteiger partial charge on any atom is -0.380 e. The van der Waals surface area contributed by atoms with E-state index in [0.717, 1.165) is 22.9 Å². The van der Waals surface area contributed by atoms with Gasteiger partial charge in [-0.2, -0.15) is 18.3 Å². The number of hydrogen-bond acceptors (Lipinski definition) is 5. The molecular formula is C25H17F5N6O2. The van der Waals surface area contributed by atoms with Crippen molar-refractivity contribution in [1.29, 1.82) is 0 Å². The van der Waals surface area contributed by atoms with Crippen LogP contribution < -0.4 is 16.0 Å². The number of carbonyl (C=O) groups excluding carboxylic acids is 1. The lowest BCUT2D eigenvalue weighted by Gasteiger charge is -2.27. The molecule has 0 radical (unpaired) electrons. The smallest absolute Gasteiger partial charge is 0.380 e. The van der Waals surface area contributed by atoms with Crippen LogP contribution in [0.5, 0.6) is 0 Å². The van der Waals surface area contributed by atoms with Gasteiger partial charge in [-0.05, 0) is 48.9 Å². The number of anilines is 2. The summed E-state index contributed by atoms with van der Waals surface area (Å²) in [6, 6.07) is 9.74. The minimum absolute atomic E-state index is 0.0000606. The first kappa shape index (κ1) is 23.7. The number of alkyl halides is 3. The third-order valence-corrected chi connectivity index (χ3v) is 6.41. The Hall–Kier alpha value is -4.68. The van der Waals surface area contributed by atoms with E-state index in [-0.39, 0.29) is 39.9 Å². The number of urea groups is 1. The average molecular weight is 528 g/mol. The molecule has 3 aromatic carbocycles. The molecule has 0 aliphatic carbocycles. The first-order chi connectivity index (χ1) is 18.1. The van der Waals surface area contributed by atoms with Gasteiger partial charge in [0.05, 0.1) is 11.1 Å². The zero-order chi connectivity index (χ0) is 26.8. The summed E-state index contributed by atoms with van der Waals surface area (Å²) >= 11 is 0. The Morgan fingerprint density at radius 3 is 2.47 bits per heavy atom. The molecule has 5 aromatic rings. The van der Waals surface area contributed by atoms with Gasteiger partial charge >= 0.3 is 12.2 Å². The predicted octanol–water partition coefficient (Wildman–Crippen LogP) is 5.63. The van der Waals surface area contributed by atoms with Gasteiger partial charge in [0.15, 0.2) is 22.9 Å². The number of carbonyl (C=O) groups is 1. The molecular weight excluding hydrogens is 511 g/mol. The number of hydrogen-bond donors (Lipinski definition) is 2. The SMILES string of the molecule is Nc1noc2ccc(-n3nc(C(F)(F)F)c4ccc(-c5ccc(N6CCCNC6=O)cc5F)c(F)c43)cc12. The average Bonchev–Trinajstić information content (AvgIpc) is 3.46. The van der Waals surface area contributed by atoms with Crippen molar-refractivity contribution in [2.45, 2.75) is 12.6 Å². The number of nitrogens with two attached hydrogens (primary N) is 1. The van der Waals surface area contributed by atoms with E-state index in [1.54, 1.807) is 0 Å². The molecule has 8 nitrogen and oxygen atoms in total. The van der Waals surface area contributed by atoms with Crippen molar-refractivity contribution >= 4 is 39.4 Å². The van der Waals surface area contributed by atoms with Gasteiger partial charge < -0.3 is 15.6 Å². The monoisotopic (exact) mass is 528 g/mol. The van der Waals surface area contributed by atoms with Crippen LogP contribution >= 0.6 is 0 Å². The second kappa shape index (κ2) is 8.43. The van der Waals surface area contributed by atoms with Crippen LogP contribution in [0.3, 0.4) is 0 Å². The molecule has 1 fully saturated rings. The van der Waals surface area contributed by atoms with Crippen molar-refractivity contribution in [1.82, 2.24) is 20.3 Å². The summed E-state index contributed by atoms with van der Waals surface area (Å²) in [4.78, 5) is 13.5. The quantitative estimate of drug-likeness (QED) is 0.296. The number of halogens is 5. The lowest BCUT2D eigenvalue weighted by atomic mass is 10.0. The fourth-order valence-electron chi connectivity index (χ4n) is 4.61. The number of fused-ring (bicyclic) bond motifs is 2. The summed E-state index contributed by atoms with van der Waals surface area (Å²) in [6.07, 6.45) is -4.22. The summed E-state index contributed by atoms with van der Waals surface area (Å²) in [5.74, 6) is -1.95. The van der Waals surface area contributed by atoms with Crippen molar-refractivity contribution < 1.29 is 31.3 Å². The fourth-order valence-corrected chi connectivity index (χ4v) is 4.61. The molecule has 2 aromatic heterocycles. The first-order valence-corrected chi connectivity index (χ1v) is 11.4. The Morgan fingerprint density at radius 1 is 0.974 bits per heavy atom. The van der Waals surface area contributed by atoms with Crippen LogP contribution in [0.25, 0.3) is 38.7 Å². The van der Waals surface area contributed by atoms with Gasteiger partial charge in [-0.15, -0.1) is 0 Å². The highest BCUT2D eigenvalue weighted by atomic mass is 19.4. The van der Waals surface area contributed by atoms with Crippen LogP contribution in [0.2, 0.25) is 0 Å². The van der Waals surface area contributed by atoms with E-state index in [1.165, 1.54) is 35.2 Å². The maximum Gasteiger partial charge on any atom is 0.435 e. The van der Waals surface area contributed by atoms with Crippen molar-refractivity contribution in [3.05, 3.63) is 65.9 Å². The zero-order valence-corrected chi connectivity index (χ0v) is 19.3. The van der Waals surface area contributed by atoms with Gasteiger partial charge in [0.2, 0.25) is 0 Å². The molecule has 3 heterocycles. The second-order valence-corrected chi connectivity index (χ2v) is 8.73. The molecule has 1 aliphatic rings. The van der Waals surface area contributed by atoms with Crippen molar-refractivity contribution in [3.63, 3.8) is 0 Å². The molecule has 2 amide bonds. The summed E-state index contributed by atoms with van der Waals surface area (Å²) in [6.45, 7) is 0.886. The van der Waals surface area contributed by atoms with Crippen LogP contribution in [0, 0.1) is 11.6 Å². The lowest BCUT2D eigenvalue weighted by molar-refractivity contribution is -0.140. The highest BCUT2D eigenvalue weighted by Crippen LogP contribution is 2.40. The third kappa shape index (κ3) is 3.69. The Labute approximate surface area is 210 Å². The topological polar surface area (TPSA) is 102 Å². The first-order valence-electron chi connectivity index (χ1n) is 11.4. The Balaban J connectivity index is 1.53. The molecule has 6 rings (SSSR count). The van der Waals surface area contributed by atoms with Gasteiger partial charge in [0.1, 0.15) is 11.3 Å². The van der Waals surface area contributed by atoms with Gasteiger partial charge in [0, 0.05) is 35.3 Å². The summed E-state index contributed by atoms with van der Waals surface area (Å²) in [5, 5.41) is 9.75. The predicted molar refractivity (Wildman–Crippen MR) is 129 cm³/mol. The maximum absolute atomic E-state index is 16.0.